The highest BCUT2D eigenvalue weighted by Gasteiger charge is 2.18. The van der Waals surface area contributed by atoms with Crippen molar-refractivity contribution in [2.24, 2.45) is 5.10 Å². The predicted molar refractivity (Wildman–Crippen MR) is 150 cm³/mol. The number of hydrazone groups is 1. The fourth-order valence-electron chi connectivity index (χ4n) is 3.26. The van der Waals surface area contributed by atoms with Gasteiger partial charge in [0.1, 0.15) is 18.1 Å². The van der Waals surface area contributed by atoms with E-state index >= 15 is 0 Å². The number of nitrogens with zero attached hydrogens (tertiary/aromatic N) is 2. The molecule has 35 heavy (non-hydrogen) atoms. The van der Waals surface area contributed by atoms with Crippen LogP contribution in [0.4, 0.5) is 0 Å². The van der Waals surface area contributed by atoms with E-state index in [0.717, 1.165) is 14.7 Å². The van der Waals surface area contributed by atoms with Gasteiger partial charge in [0.15, 0.2) is 6.61 Å². The largest absolute Gasteiger partial charge is 0.488 e. The van der Waals surface area contributed by atoms with Crippen LogP contribution < -0.4 is 14.9 Å². The first kappa shape index (κ1) is 25.4. The Morgan fingerprint density at radius 1 is 1.11 bits per heavy atom. The lowest BCUT2D eigenvalue weighted by molar-refractivity contribution is -0.123. The van der Waals surface area contributed by atoms with Crippen LogP contribution in [0.2, 0.25) is 0 Å². The maximum Gasteiger partial charge on any atom is 0.277 e. The Labute approximate surface area is 226 Å². The number of benzene rings is 3. The van der Waals surface area contributed by atoms with E-state index in [2.05, 4.69) is 51.3 Å². The van der Waals surface area contributed by atoms with Gasteiger partial charge in [-0.05, 0) is 70.1 Å². The summed E-state index contributed by atoms with van der Waals surface area (Å²) in [6.07, 6.45) is 1.57. The standard InChI is InChI=1S/C26H22IN3O3S2/c27-23-13-18(5-10-24(23)33-16-21-4-2-1-3-20(21)14-28)15-29-30-25(31)17-32-22-8-6-19(7-9-22)26-34-11-12-35-26/h1-10,13,15,26H,11-12,16-17H2,(H,30,31)/b29-15-. The average Bonchev–Trinajstić information content (AvgIpc) is 3.43. The number of hydrogen-bond acceptors (Lipinski definition) is 7. The second-order valence-corrected chi connectivity index (χ2v) is 11.4. The van der Waals surface area contributed by atoms with Crippen LogP contribution >= 0.6 is 46.1 Å². The second kappa shape index (κ2) is 12.9. The first-order valence-electron chi connectivity index (χ1n) is 10.8. The van der Waals surface area contributed by atoms with E-state index in [1.807, 2.05) is 72.1 Å². The predicted octanol–water partition coefficient (Wildman–Crippen LogP) is 5.75. The van der Waals surface area contributed by atoms with E-state index in [1.54, 1.807) is 12.3 Å². The maximum absolute atomic E-state index is 12.1. The summed E-state index contributed by atoms with van der Waals surface area (Å²) < 4.78 is 12.8. The number of hydrogen-bond donors (Lipinski definition) is 1. The molecule has 1 aliphatic heterocycles. The highest BCUT2D eigenvalue weighted by Crippen LogP contribution is 2.45. The highest BCUT2D eigenvalue weighted by atomic mass is 127. The van der Waals surface area contributed by atoms with E-state index in [-0.39, 0.29) is 12.5 Å². The SMILES string of the molecule is N#Cc1ccccc1COc1ccc(/C=N\NC(=O)COc2ccc(C3SCCS3)cc2)cc1I. The van der Waals surface area contributed by atoms with Crippen LogP contribution in [0.3, 0.4) is 0 Å². The Morgan fingerprint density at radius 3 is 2.63 bits per heavy atom. The van der Waals surface area contributed by atoms with E-state index in [4.69, 9.17) is 9.47 Å². The van der Waals surface area contributed by atoms with Crippen molar-refractivity contribution in [2.75, 3.05) is 18.1 Å². The van der Waals surface area contributed by atoms with Crippen molar-refractivity contribution in [3.05, 3.63) is 92.6 Å². The normalized spacial score (nSPS) is 13.5. The first-order valence-corrected chi connectivity index (χ1v) is 14.0. The average molecular weight is 616 g/mol. The molecular formula is C26H22IN3O3S2. The molecule has 4 rings (SSSR count). The summed E-state index contributed by atoms with van der Waals surface area (Å²) in [5.74, 6) is 3.40. The molecule has 0 aliphatic carbocycles. The molecule has 9 heteroatoms. The van der Waals surface area contributed by atoms with E-state index in [0.29, 0.717) is 28.3 Å². The number of nitrogens with one attached hydrogen (secondary N) is 1. The molecular weight excluding hydrogens is 593 g/mol. The number of thioether (sulfide) groups is 2. The Kier molecular flexibility index (Phi) is 9.34. The van der Waals surface area contributed by atoms with Gasteiger partial charge in [-0.25, -0.2) is 5.43 Å². The number of rotatable bonds is 9. The molecule has 1 aliphatic rings. The molecule has 1 N–H and O–H groups in total. The molecule has 1 heterocycles. The lowest BCUT2D eigenvalue weighted by atomic mass is 10.1. The zero-order valence-corrected chi connectivity index (χ0v) is 22.4. The first-order chi connectivity index (χ1) is 17.1. The summed E-state index contributed by atoms with van der Waals surface area (Å²) in [4.78, 5) is 12.1. The summed E-state index contributed by atoms with van der Waals surface area (Å²) in [6.45, 7) is 0.197. The molecule has 0 atom stereocenters. The smallest absolute Gasteiger partial charge is 0.277 e. The minimum Gasteiger partial charge on any atom is -0.488 e. The molecule has 6 nitrogen and oxygen atoms in total. The number of ether oxygens (including phenoxy) is 2. The summed E-state index contributed by atoms with van der Waals surface area (Å²) >= 11 is 6.09. The van der Waals surface area contributed by atoms with Crippen molar-refractivity contribution < 1.29 is 14.3 Å². The second-order valence-electron chi connectivity index (χ2n) is 7.47. The zero-order valence-electron chi connectivity index (χ0n) is 18.6. The molecule has 0 unspecified atom stereocenters. The van der Waals surface area contributed by atoms with Gasteiger partial charge in [-0.3, -0.25) is 4.79 Å². The molecule has 0 saturated carbocycles. The van der Waals surface area contributed by atoms with Crippen LogP contribution in [0.15, 0.2) is 71.8 Å². The molecule has 3 aromatic rings. The molecule has 0 aromatic heterocycles. The van der Waals surface area contributed by atoms with Crippen molar-refractivity contribution in [3.63, 3.8) is 0 Å². The van der Waals surface area contributed by atoms with Crippen LogP contribution in [0.25, 0.3) is 0 Å². The minimum absolute atomic E-state index is 0.113. The summed E-state index contributed by atoms with van der Waals surface area (Å²) in [5, 5.41) is 13.2. The van der Waals surface area contributed by atoms with Gasteiger partial charge >= 0.3 is 0 Å². The molecule has 1 fully saturated rings. The van der Waals surface area contributed by atoms with Gasteiger partial charge in [-0.2, -0.15) is 10.4 Å². The Bertz CT molecular complexity index is 1240. The fourth-order valence-corrected chi connectivity index (χ4v) is 6.81. The lowest BCUT2D eigenvalue weighted by Gasteiger charge is -2.10. The Morgan fingerprint density at radius 2 is 1.89 bits per heavy atom. The molecule has 1 amide bonds. The zero-order chi connectivity index (χ0) is 24.5. The van der Waals surface area contributed by atoms with Gasteiger partial charge in [0.2, 0.25) is 0 Å². The number of amides is 1. The van der Waals surface area contributed by atoms with Crippen LogP contribution in [-0.4, -0.2) is 30.2 Å². The van der Waals surface area contributed by atoms with Crippen molar-refractivity contribution >= 4 is 58.2 Å². The summed E-state index contributed by atoms with van der Waals surface area (Å²) in [5.41, 5.74) is 6.02. The number of nitriles is 1. The van der Waals surface area contributed by atoms with Crippen LogP contribution in [0.1, 0.15) is 26.8 Å². The van der Waals surface area contributed by atoms with E-state index in [9.17, 15) is 10.1 Å². The Hall–Kier alpha value is -2.68. The van der Waals surface area contributed by atoms with Crippen molar-refractivity contribution in [1.29, 1.82) is 5.26 Å². The summed E-state index contributed by atoms with van der Waals surface area (Å²) in [6, 6.07) is 23.0. The minimum atomic E-state index is -0.335. The third kappa shape index (κ3) is 7.40. The third-order valence-corrected chi connectivity index (χ3v) is 8.97. The molecule has 0 spiro atoms. The maximum atomic E-state index is 12.1. The fraction of sp³-hybridized carbons (Fsp3) is 0.192. The van der Waals surface area contributed by atoms with E-state index < -0.39 is 0 Å². The van der Waals surface area contributed by atoms with Crippen LogP contribution in [-0.2, 0) is 11.4 Å². The van der Waals surface area contributed by atoms with Crippen LogP contribution in [0, 0.1) is 14.9 Å². The van der Waals surface area contributed by atoms with Crippen molar-refractivity contribution in [2.45, 2.75) is 11.2 Å². The molecule has 178 valence electrons. The van der Waals surface area contributed by atoms with E-state index in [1.165, 1.54) is 17.1 Å². The monoisotopic (exact) mass is 615 g/mol. The van der Waals surface area contributed by atoms with Crippen molar-refractivity contribution in [1.82, 2.24) is 5.43 Å². The Balaban J connectivity index is 1.23. The topological polar surface area (TPSA) is 83.7 Å². The molecule has 3 aromatic carbocycles. The van der Waals surface area contributed by atoms with Gasteiger partial charge in [-0.15, -0.1) is 23.5 Å². The number of halogens is 1. The third-order valence-electron chi connectivity index (χ3n) is 5.02. The van der Waals surface area contributed by atoms with Gasteiger partial charge < -0.3 is 9.47 Å². The molecule has 0 radical (unpaired) electrons. The quantitative estimate of drug-likeness (QED) is 0.188. The van der Waals surface area contributed by atoms with Crippen molar-refractivity contribution in [3.8, 4) is 17.6 Å². The number of carbonyl (C=O) groups is 1. The van der Waals surface area contributed by atoms with Gasteiger partial charge in [0, 0.05) is 17.1 Å². The number of carbonyl (C=O) groups excluding carboxylic acids is 1. The van der Waals surface area contributed by atoms with Gasteiger partial charge in [0.05, 0.1) is 26.0 Å². The summed E-state index contributed by atoms with van der Waals surface area (Å²) in [7, 11) is 0. The van der Waals surface area contributed by atoms with Gasteiger partial charge in [-0.1, -0.05) is 30.3 Å². The molecule has 1 saturated heterocycles. The lowest BCUT2D eigenvalue weighted by Crippen LogP contribution is -2.24. The molecule has 0 bridgehead atoms. The highest BCUT2D eigenvalue weighted by molar-refractivity contribution is 14.1. The van der Waals surface area contributed by atoms with Gasteiger partial charge in [0.25, 0.3) is 5.91 Å². The van der Waals surface area contributed by atoms with Crippen LogP contribution in [0.5, 0.6) is 11.5 Å².